The maximum atomic E-state index is 13.1. The quantitative estimate of drug-likeness (QED) is 0.406. The van der Waals surface area contributed by atoms with E-state index in [0.717, 1.165) is 5.56 Å². The average molecular weight is 521 g/mol. The van der Waals surface area contributed by atoms with Crippen LogP contribution in [0.1, 0.15) is 46.0 Å². The third kappa shape index (κ3) is 5.86. The van der Waals surface area contributed by atoms with E-state index in [1.807, 2.05) is 54.6 Å². The second-order valence-electron chi connectivity index (χ2n) is 8.69. The van der Waals surface area contributed by atoms with Crippen LogP contribution in [0.15, 0.2) is 54.6 Å². The van der Waals surface area contributed by atoms with Crippen molar-refractivity contribution in [2.75, 3.05) is 38.3 Å². The van der Waals surface area contributed by atoms with Crippen molar-refractivity contribution in [3.63, 3.8) is 0 Å². The Kier molecular flexibility index (Phi) is 8.75. The van der Waals surface area contributed by atoms with Gasteiger partial charge in [-0.1, -0.05) is 42.5 Å². The maximum Gasteiger partial charge on any atom is 0.359 e. The number of amides is 1. The fraction of sp³-hybridized carbons (Fsp3) is 0.357. The molecular formula is C28H32N4O6. The highest BCUT2D eigenvalue weighted by atomic mass is 16.5. The van der Waals surface area contributed by atoms with E-state index in [9.17, 15) is 14.4 Å². The number of carbonyl (C=O) groups excluding carboxylic acids is 3. The Balaban J connectivity index is 1.59. The molecule has 0 saturated heterocycles. The number of fused-ring (bicyclic) bond motifs is 1. The van der Waals surface area contributed by atoms with Gasteiger partial charge in [0.05, 0.1) is 25.4 Å². The van der Waals surface area contributed by atoms with Gasteiger partial charge in [0.2, 0.25) is 5.91 Å². The molecule has 1 atom stereocenters. The van der Waals surface area contributed by atoms with Crippen molar-refractivity contribution in [2.45, 2.75) is 32.9 Å². The largest absolute Gasteiger partial charge is 0.489 e. The Hall–Kier alpha value is -4.18. The Bertz CT molecular complexity index is 1290. The van der Waals surface area contributed by atoms with E-state index >= 15 is 0 Å². The van der Waals surface area contributed by atoms with Crippen molar-refractivity contribution in [3.8, 4) is 5.75 Å². The number of likely N-dealkylation sites (N-methyl/N-ethyl adjacent to an activating group) is 1. The zero-order valence-electron chi connectivity index (χ0n) is 21.8. The molecule has 1 aliphatic heterocycles. The molecule has 10 heteroatoms. The van der Waals surface area contributed by atoms with Crippen LogP contribution in [0.3, 0.4) is 0 Å². The molecule has 0 radical (unpaired) electrons. The highest BCUT2D eigenvalue weighted by molar-refractivity contribution is 5.99. The van der Waals surface area contributed by atoms with E-state index in [2.05, 4.69) is 10.4 Å². The standard InChI is InChI=1S/C28H32N4O6/c1-4-36-27(34)24-20(25(28(35)37-5-2)32(30-24)17-19-11-7-6-8-12-19)15-16-29-21-18-38-23-14-10-9-13-22(23)31(3)26(21)33/h6-14,21,29H,4-5,15-18H2,1-3H3/t21-/m0/s1. The van der Waals surface area contributed by atoms with E-state index in [1.165, 1.54) is 4.68 Å². The molecule has 2 heterocycles. The molecule has 0 unspecified atom stereocenters. The van der Waals surface area contributed by atoms with Crippen LogP contribution in [0.4, 0.5) is 5.69 Å². The zero-order valence-corrected chi connectivity index (χ0v) is 21.8. The van der Waals surface area contributed by atoms with Gasteiger partial charge in [-0.3, -0.25) is 9.48 Å². The number of hydrogen-bond donors (Lipinski definition) is 1. The lowest BCUT2D eigenvalue weighted by Gasteiger charge is -2.20. The summed E-state index contributed by atoms with van der Waals surface area (Å²) in [7, 11) is 1.70. The normalized spacial score (nSPS) is 14.9. The molecule has 1 amide bonds. The summed E-state index contributed by atoms with van der Waals surface area (Å²) < 4.78 is 17.9. The smallest absolute Gasteiger partial charge is 0.359 e. The summed E-state index contributed by atoms with van der Waals surface area (Å²) in [5.41, 5.74) is 2.25. The second-order valence-corrected chi connectivity index (χ2v) is 8.69. The van der Waals surface area contributed by atoms with Gasteiger partial charge in [0.15, 0.2) is 11.4 Å². The number of nitrogens with zero attached hydrogens (tertiary/aromatic N) is 3. The van der Waals surface area contributed by atoms with Gasteiger partial charge in [0.1, 0.15) is 18.4 Å². The van der Waals surface area contributed by atoms with Crippen LogP contribution in [-0.4, -0.2) is 67.1 Å². The lowest BCUT2D eigenvalue weighted by atomic mass is 10.1. The van der Waals surface area contributed by atoms with Crippen LogP contribution in [0, 0.1) is 0 Å². The van der Waals surface area contributed by atoms with E-state index in [0.29, 0.717) is 17.0 Å². The summed E-state index contributed by atoms with van der Waals surface area (Å²) in [6, 6.07) is 16.2. The van der Waals surface area contributed by atoms with Gasteiger partial charge >= 0.3 is 11.9 Å². The molecule has 1 aliphatic rings. The van der Waals surface area contributed by atoms with Crippen molar-refractivity contribution in [1.82, 2.24) is 15.1 Å². The van der Waals surface area contributed by atoms with Crippen molar-refractivity contribution >= 4 is 23.5 Å². The summed E-state index contributed by atoms with van der Waals surface area (Å²) in [5.74, 6) is -0.718. The Morgan fingerprint density at radius 2 is 1.71 bits per heavy atom. The molecule has 200 valence electrons. The predicted molar refractivity (Wildman–Crippen MR) is 141 cm³/mol. The van der Waals surface area contributed by atoms with Gasteiger partial charge in [-0.15, -0.1) is 0 Å². The number of hydrogen-bond acceptors (Lipinski definition) is 8. The minimum Gasteiger partial charge on any atom is -0.489 e. The first kappa shape index (κ1) is 26.9. The van der Waals surface area contributed by atoms with Crippen molar-refractivity contribution in [3.05, 3.63) is 77.1 Å². The van der Waals surface area contributed by atoms with Crippen LogP contribution in [0.25, 0.3) is 0 Å². The monoisotopic (exact) mass is 520 g/mol. The molecule has 1 N–H and O–H groups in total. The Labute approximate surface area is 221 Å². The SMILES string of the molecule is CCOC(=O)c1nn(Cc2ccccc2)c(C(=O)OCC)c1CCN[C@H]1COc2ccccc2N(C)C1=O. The van der Waals surface area contributed by atoms with Crippen LogP contribution in [0.5, 0.6) is 5.75 Å². The predicted octanol–water partition coefficient (Wildman–Crippen LogP) is 2.84. The number of benzene rings is 2. The molecule has 0 aliphatic carbocycles. The van der Waals surface area contributed by atoms with Gasteiger partial charge < -0.3 is 24.4 Å². The lowest BCUT2D eigenvalue weighted by molar-refractivity contribution is -0.120. The minimum absolute atomic E-state index is 0.0561. The van der Waals surface area contributed by atoms with Crippen molar-refractivity contribution in [1.29, 1.82) is 0 Å². The molecule has 0 bridgehead atoms. The van der Waals surface area contributed by atoms with Gasteiger partial charge in [0, 0.05) is 19.2 Å². The fourth-order valence-corrected chi connectivity index (χ4v) is 4.37. The van der Waals surface area contributed by atoms with Crippen LogP contribution in [-0.2, 0) is 27.2 Å². The van der Waals surface area contributed by atoms with Gasteiger partial charge in [0.25, 0.3) is 0 Å². The first-order chi connectivity index (χ1) is 18.4. The van der Waals surface area contributed by atoms with Crippen LogP contribution in [0.2, 0.25) is 0 Å². The van der Waals surface area contributed by atoms with E-state index in [1.54, 1.807) is 25.8 Å². The molecule has 0 fully saturated rings. The molecule has 2 aromatic carbocycles. The maximum absolute atomic E-state index is 13.1. The molecule has 38 heavy (non-hydrogen) atoms. The third-order valence-electron chi connectivity index (χ3n) is 6.19. The first-order valence-electron chi connectivity index (χ1n) is 12.6. The highest BCUT2D eigenvalue weighted by Crippen LogP contribution is 2.30. The number of anilines is 1. The summed E-state index contributed by atoms with van der Waals surface area (Å²) in [5, 5.41) is 7.70. The fourth-order valence-electron chi connectivity index (χ4n) is 4.37. The van der Waals surface area contributed by atoms with Crippen molar-refractivity contribution < 1.29 is 28.6 Å². The number of para-hydroxylation sites is 2. The summed E-state index contributed by atoms with van der Waals surface area (Å²) in [6.45, 7) is 4.45. The topological polar surface area (TPSA) is 112 Å². The number of rotatable bonds is 10. The lowest BCUT2D eigenvalue weighted by Crippen LogP contribution is -2.47. The Morgan fingerprint density at radius 1 is 1.03 bits per heavy atom. The molecular weight excluding hydrogens is 488 g/mol. The summed E-state index contributed by atoms with van der Waals surface area (Å²) in [4.78, 5) is 40.6. The molecule has 0 spiro atoms. The zero-order chi connectivity index (χ0) is 27.1. The van der Waals surface area contributed by atoms with E-state index < -0.39 is 18.0 Å². The summed E-state index contributed by atoms with van der Waals surface area (Å²) in [6.07, 6.45) is 0.234. The average Bonchev–Trinajstić information content (AvgIpc) is 3.23. The number of ether oxygens (including phenoxy) is 3. The number of aromatic nitrogens is 2. The minimum atomic E-state index is -0.621. The summed E-state index contributed by atoms with van der Waals surface area (Å²) >= 11 is 0. The van der Waals surface area contributed by atoms with Crippen LogP contribution < -0.4 is 15.0 Å². The number of carbonyl (C=O) groups is 3. The van der Waals surface area contributed by atoms with E-state index in [4.69, 9.17) is 14.2 Å². The molecule has 4 rings (SSSR count). The van der Waals surface area contributed by atoms with E-state index in [-0.39, 0.29) is 56.6 Å². The number of nitrogens with one attached hydrogen (secondary N) is 1. The molecule has 0 saturated carbocycles. The molecule has 3 aromatic rings. The van der Waals surface area contributed by atoms with Crippen LogP contribution >= 0.6 is 0 Å². The first-order valence-corrected chi connectivity index (χ1v) is 12.6. The van der Waals surface area contributed by atoms with Gasteiger partial charge in [-0.2, -0.15) is 5.10 Å². The second kappa shape index (κ2) is 12.4. The third-order valence-corrected chi connectivity index (χ3v) is 6.19. The van der Waals surface area contributed by atoms with Gasteiger partial charge in [-0.05, 0) is 38.0 Å². The van der Waals surface area contributed by atoms with Crippen molar-refractivity contribution in [2.24, 2.45) is 0 Å². The number of esters is 2. The Morgan fingerprint density at radius 3 is 2.45 bits per heavy atom. The highest BCUT2D eigenvalue weighted by Gasteiger charge is 2.31. The molecule has 10 nitrogen and oxygen atoms in total. The molecule has 1 aromatic heterocycles. The van der Waals surface area contributed by atoms with Gasteiger partial charge in [-0.25, -0.2) is 9.59 Å².